The third-order valence-corrected chi connectivity index (χ3v) is 8.14. The number of thiazole rings is 1. The van der Waals surface area contributed by atoms with Crippen LogP contribution in [0.4, 0.5) is 11.4 Å². The van der Waals surface area contributed by atoms with Gasteiger partial charge in [-0.3, -0.25) is 19.5 Å². The molecule has 1 aromatic heterocycles. The van der Waals surface area contributed by atoms with Gasteiger partial charge in [0.25, 0.3) is 11.2 Å². The van der Waals surface area contributed by atoms with E-state index < -0.39 is 16.9 Å². The van der Waals surface area contributed by atoms with Crippen LogP contribution in [0.5, 0.6) is 5.75 Å². The molecule has 0 N–H and O–H groups in total. The summed E-state index contributed by atoms with van der Waals surface area (Å²) in [6.07, 6.45) is 4.92. The van der Waals surface area contributed by atoms with E-state index >= 15 is 0 Å². The number of nitrogens with zero attached hydrogens (tertiary/aromatic N) is 4. The Balaban J connectivity index is 1.70. The fraction of sp³-hybridized carbons (Fsp3) is 0.345. The number of piperidine rings is 1. The maximum absolute atomic E-state index is 14.0. The van der Waals surface area contributed by atoms with Crippen molar-refractivity contribution in [1.82, 2.24) is 4.57 Å². The third-order valence-electron chi connectivity index (χ3n) is 7.15. The molecule has 0 spiro atoms. The molecule has 5 rings (SSSR count). The fourth-order valence-corrected chi connectivity index (χ4v) is 6.27. The third kappa shape index (κ3) is 5.16. The second-order valence-electron chi connectivity index (χ2n) is 9.62. The van der Waals surface area contributed by atoms with Gasteiger partial charge >= 0.3 is 5.97 Å². The van der Waals surface area contributed by atoms with Crippen LogP contribution in [-0.4, -0.2) is 42.3 Å². The van der Waals surface area contributed by atoms with Gasteiger partial charge in [0.2, 0.25) is 0 Å². The largest absolute Gasteiger partial charge is 0.497 e. The van der Waals surface area contributed by atoms with Gasteiger partial charge in [-0.15, -0.1) is 0 Å². The maximum atomic E-state index is 14.0. The second-order valence-corrected chi connectivity index (χ2v) is 10.6. The molecule has 1 saturated heterocycles. The fourth-order valence-electron chi connectivity index (χ4n) is 5.23. The number of hydrogen-bond acceptors (Lipinski definition) is 9. The molecule has 0 aliphatic carbocycles. The van der Waals surface area contributed by atoms with Crippen molar-refractivity contribution in [3.63, 3.8) is 0 Å². The lowest BCUT2D eigenvalue weighted by Crippen LogP contribution is -2.40. The van der Waals surface area contributed by atoms with Gasteiger partial charge in [0.05, 0.1) is 40.5 Å². The number of carbonyl (C=O) groups excluding carboxylic acids is 1. The van der Waals surface area contributed by atoms with Crippen LogP contribution in [0.3, 0.4) is 0 Å². The van der Waals surface area contributed by atoms with Gasteiger partial charge in [-0.05, 0) is 62.9 Å². The first-order valence-corrected chi connectivity index (χ1v) is 14.0. The molecule has 10 nitrogen and oxygen atoms in total. The predicted molar refractivity (Wildman–Crippen MR) is 153 cm³/mol. The van der Waals surface area contributed by atoms with Gasteiger partial charge in [-0.25, -0.2) is 9.79 Å². The van der Waals surface area contributed by atoms with Crippen molar-refractivity contribution in [3.8, 4) is 5.75 Å². The van der Waals surface area contributed by atoms with Gasteiger partial charge in [-0.2, -0.15) is 0 Å². The van der Waals surface area contributed by atoms with Gasteiger partial charge in [0.1, 0.15) is 5.75 Å². The number of nitro benzene ring substituents is 1. The topological polar surface area (TPSA) is 116 Å². The molecule has 208 valence electrons. The molecule has 40 heavy (non-hydrogen) atoms. The zero-order chi connectivity index (χ0) is 28.4. The second kappa shape index (κ2) is 11.5. The number of ether oxygens (including phenoxy) is 2. The summed E-state index contributed by atoms with van der Waals surface area (Å²) in [5.74, 6) is 0.107. The Morgan fingerprint density at radius 2 is 1.90 bits per heavy atom. The molecule has 3 aromatic rings. The van der Waals surface area contributed by atoms with Crippen LogP contribution in [0.15, 0.2) is 63.5 Å². The van der Waals surface area contributed by atoms with E-state index in [4.69, 9.17) is 9.47 Å². The van der Waals surface area contributed by atoms with E-state index in [1.54, 1.807) is 45.2 Å². The van der Waals surface area contributed by atoms with Crippen molar-refractivity contribution < 1.29 is 19.2 Å². The van der Waals surface area contributed by atoms with Crippen molar-refractivity contribution in [2.24, 2.45) is 4.99 Å². The van der Waals surface area contributed by atoms with E-state index in [2.05, 4.69) is 9.89 Å². The van der Waals surface area contributed by atoms with Crippen LogP contribution < -0.4 is 24.5 Å². The van der Waals surface area contributed by atoms with E-state index in [1.807, 2.05) is 12.1 Å². The van der Waals surface area contributed by atoms with Crippen LogP contribution in [0, 0.1) is 10.1 Å². The van der Waals surface area contributed by atoms with Gasteiger partial charge < -0.3 is 14.4 Å². The van der Waals surface area contributed by atoms with Crippen molar-refractivity contribution in [3.05, 3.63) is 94.7 Å². The zero-order valence-electron chi connectivity index (χ0n) is 22.6. The highest BCUT2D eigenvalue weighted by atomic mass is 32.1. The lowest BCUT2D eigenvalue weighted by molar-refractivity contribution is -0.384. The van der Waals surface area contributed by atoms with Crippen molar-refractivity contribution in [2.75, 3.05) is 31.7 Å². The molecule has 3 heterocycles. The smallest absolute Gasteiger partial charge is 0.338 e. The van der Waals surface area contributed by atoms with Crippen LogP contribution in [0.25, 0.3) is 6.08 Å². The molecule has 1 fully saturated rings. The SMILES string of the molecule is CCOC(=O)C1=C(C)N=c2s/c(=C\c3cc([N+](=O)[O-])ccc3N3CCCCC3)c(=O)n2C1c1ccc(OC)cc1. The molecule has 0 saturated carbocycles. The quantitative estimate of drug-likeness (QED) is 0.245. The van der Waals surface area contributed by atoms with Crippen LogP contribution in [0.2, 0.25) is 0 Å². The molecular formula is C29H30N4O6S. The number of hydrogen-bond donors (Lipinski definition) is 0. The Kier molecular flexibility index (Phi) is 7.83. The monoisotopic (exact) mass is 562 g/mol. The average molecular weight is 563 g/mol. The number of benzene rings is 2. The van der Waals surface area contributed by atoms with Crippen LogP contribution >= 0.6 is 11.3 Å². The molecule has 2 aliphatic heterocycles. The Bertz CT molecular complexity index is 1670. The zero-order valence-corrected chi connectivity index (χ0v) is 23.4. The minimum Gasteiger partial charge on any atom is -0.497 e. The van der Waals surface area contributed by atoms with E-state index in [0.717, 1.165) is 38.0 Å². The summed E-state index contributed by atoms with van der Waals surface area (Å²) in [6.45, 7) is 5.33. The highest BCUT2D eigenvalue weighted by Crippen LogP contribution is 2.32. The Labute approximate surface area is 234 Å². The summed E-state index contributed by atoms with van der Waals surface area (Å²) in [7, 11) is 1.57. The number of non-ortho nitro benzene ring substituents is 1. The van der Waals surface area contributed by atoms with Crippen LogP contribution in [-0.2, 0) is 9.53 Å². The van der Waals surface area contributed by atoms with E-state index in [0.29, 0.717) is 31.9 Å². The Morgan fingerprint density at radius 1 is 1.18 bits per heavy atom. The summed E-state index contributed by atoms with van der Waals surface area (Å²) < 4.78 is 12.5. The van der Waals surface area contributed by atoms with Crippen molar-refractivity contribution in [1.29, 1.82) is 0 Å². The molecule has 2 aliphatic rings. The first-order valence-electron chi connectivity index (χ1n) is 13.2. The molecule has 1 atom stereocenters. The van der Waals surface area contributed by atoms with Gasteiger partial charge in [0, 0.05) is 36.5 Å². The summed E-state index contributed by atoms with van der Waals surface area (Å²) >= 11 is 1.19. The van der Waals surface area contributed by atoms with E-state index in [1.165, 1.54) is 28.0 Å². The predicted octanol–water partition coefficient (Wildman–Crippen LogP) is 3.71. The molecule has 1 unspecified atom stereocenters. The molecule has 0 bridgehead atoms. The number of fused-ring (bicyclic) bond motifs is 1. The summed E-state index contributed by atoms with van der Waals surface area (Å²) in [5.41, 5.74) is 2.53. The first kappa shape index (κ1) is 27.3. The Hall–Kier alpha value is -4.25. The number of rotatable bonds is 7. The van der Waals surface area contributed by atoms with Gasteiger partial charge in [-0.1, -0.05) is 23.5 Å². The highest BCUT2D eigenvalue weighted by molar-refractivity contribution is 7.07. The van der Waals surface area contributed by atoms with E-state index in [9.17, 15) is 19.7 Å². The summed E-state index contributed by atoms with van der Waals surface area (Å²) in [5, 5.41) is 11.6. The summed E-state index contributed by atoms with van der Waals surface area (Å²) in [4.78, 5) is 45.5. The minimum atomic E-state index is -0.755. The van der Waals surface area contributed by atoms with Crippen molar-refractivity contribution in [2.45, 2.75) is 39.2 Å². The number of anilines is 1. The lowest BCUT2D eigenvalue weighted by Gasteiger charge is -2.30. The number of aromatic nitrogens is 1. The molecular weight excluding hydrogens is 532 g/mol. The van der Waals surface area contributed by atoms with E-state index in [-0.39, 0.29) is 23.4 Å². The number of carbonyl (C=O) groups is 1. The summed E-state index contributed by atoms with van der Waals surface area (Å²) in [6, 6.07) is 11.2. The van der Waals surface area contributed by atoms with Gasteiger partial charge in [0.15, 0.2) is 4.80 Å². The van der Waals surface area contributed by atoms with Crippen LogP contribution in [0.1, 0.15) is 50.3 Å². The Morgan fingerprint density at radius 3 is 2.55 bits per heavy atom. The number of allylic oxidation sites excluding steroid dienone is 1. The lowest BCUT2D eigenvalue weighted by atomic mass is 9.96. The number of nitro groups is 1. The average Bonchev–Trinajstić information content (AvgIpc) is 3.26. The number of methoxy groups -OCH3 is 1. The highest BCUT2D eigenvalue weighted by Gasteiger charge is 2.33. The molecule has 11 heteroatoms. The molecule has 0 amide bonds. The normalized spacial score (nSPS) is 17.3. The standard InChI is InChI=1S/C29H30N4O6S/c1-4-39-28(35)25-18(2)30-29-32(26(25)19-8-11-22(38-3)12-9-19)27(34)24(40-29)17-20-16-21(33(36)37)10-13-23(20)31-14-6-5-7-15-31/h8-13,16-17,26H,4-7,14-15H2,1-3H3/b24-17-. The number of esters is 1. The first-order chi connectivity index (χ1) is 19.3. The molecule has 2 aromatic carbocycles. The maximum Gasteiger partial charge on any atom is 0.338 e. The molecule has 0 radical (unpaired) electrons. The minimum absolute atomic E-state index is 0.0451. The van der Waals surface area contributed by atoms with Crippen molar-refractivity contribution >= 4 is 34.8 Å².